The van der Waals surface area contributed by atoms with E-state index in [-0.39, 0.29) is 0 Å². The molecule has 0 amide bonds. The number of unbranched alkanes of at least 4 members (excludes halogenated alkanes) is 9. The first kappa shape index (κ1) is 19.5. The van der Waals surface area contributed by atoms with Crippen LogP contribution in [0.2, 0.25) is 0 Å². The second-order valence-electron chi connectivity index (χ2n) is 7.13. The van der Waals surface area contributed by atoms with Crippen molar-refractivity contribution in [2.24, 2.45) is 0 Å². The third-order valence-electron chi connectivity index (χ3n) is 4.97. The maximum absolute atomic E-state index is 11.0. The van der Waals surface area contributed by atoms with Gasteiger partial charge in [0.1, 0.15) is 0 Å². The van der Waals surface area contributed by atoms with Gasteiger partial charge in [0.2, 0.25) is 0 Å². The third-order valence-corrected chi connectivity index (χ3v) is 4.97. The molecule has 0 saturated heterocycles. The summed E-state index contributed by atoms with van der Waals surface area (Å²) in [6.45, 7) is 2.27. The number of aromatic carboxylic acids is 1. The van der Waals surface area contributed by atoms with E-state index in [1.54, 1.807) is 12.1 Å². The molecule has 0 saturated carbocycles. The van der Waals surface area contributed by atoms with Crippen molar-refractivity contribution in [1.82, 2.24) is 0 Å². The Labute approximate surface area is 152 Å². The predicted molar refractivity (Wildman–Crippen MR) is 106 cm³/mol. The summed E-state index contributed by atoms with van der Waals surface area (Å²) in [5, 5.41) is 11.2. The number of carbonyl (C=O) groups is 1. The molecule has 0 bridgehead atoms. The minimum atomic E-state index is -0.864. The van der Waals surface area contributed by atoms with E-state index in [0.29, 0.717) is 5.56 Å². The maximum atomic E-state index is 11.0. The molecular formula is C23H32O2. The smallest absolute Gasteiger partial charge is 0.335 e. The standard InChI is InChI=1S/C23H32O2/c1-2-3-4-5-6-7-8-9-10-11-12-19-13-14-21-18-22(23(24)25)16-15-20(21)17-19/h13-18H,2-12H2,1H3,(H,24,25). The summed E-state index contributed by atoms with van der Waals surface area (Å²) in [6.07, 6.45) is 14.7. The zero-order valence-corrected chi connectivity index (χ0v) is 15.6. The summed E-state index contributed by atoms with van der Waals surface area (Å²) in [7, 11) is 0. The number of carboxylic acids is 1. The minimum absolute atomic E-state index is 0.356. The van der Waals surface area contributed by atoms with E-state index in [1.165, 1.54) is 69.8 Å². The van der Waals surface area contributed by atoms with Crippen LogP contribution < -0.4 is 0 Å². The van der Waals surface area contributed by atoms with Crippen molar-refractivity contribution in [2.45, 2.75) is 77.6 Å². The Balaban J connectivity index is 1.66. The van der Waals surface area contributed by atoms with Crippen LogP contribution in [-0.2, 0) is 6.42 Å². The van der Waals surface area contributed by atoms with E-state index < -0.39 is 5.97 Å². The van der Waals surface area contributed by atoms with Crippen LogP contribution in [0.1, 0.15) is 87.1 Å². The van der Waals surface area contributed by atoms with Gasteiger partial charge in [-0.15, -0.1) is 0 Å². The van der Waals surface area contributed by atoms with E-state index in [4.69, 9.17) is 5.11 Å². The van der Waals surface area contributed by atoms with Crippen molar-refractivity contribution in [3.63, 3.8) is 0 Å². The van der Waals surface area contributed by atoms with Crippen molar-refractivity contribution in [3.8, 4) is 0 Å². The molecule has 0 heterocycles. The Kier molecular flexibility index (Phi) is 8.51. The van der Waals surface area contributed by atoms with Gasteiger partial charge in [-0.1, -0.05) is 89.0 Å². The topological polar surface area (TPSA) is 37.3 Å². The highest BCUT2D eigenvalue weighted by Crippen LogP contribution is 2.20. The Bertz CT molecular complexity index is 660. The minimum Gasteiger partial charge on any atom is -0.478 e. The average Bonchev–Trinajstić information content (AvgIpc) is 2.62. The van der Waals surface area contributed by atoms with Gasteiger partial charge < -0.3 is 5.11 Å². The highest BCUT2D eigenvalue weighted by atomic mass is 16.4. The summed E-state index contributed by atoms with van der Waals surface area (Å²) in [6, 6.07) is 11.8. The van der Waals surface area contributed by atoms with E-state index in [1.807, 2.05) is 12.1 Å². The first-order chi connectivity index (χ1) is 12.2. The first-order valence-corrected chi connectivity index (χ1v) is 9.96. The quantitative estimate of drug-likeness (QED) is 0.422. The van der Waals surface area contributed by atoms with Gasteiger partial charge in [-0.25, -0.2) is 4.79 Å². The summed E-state index contributed by atoms with van der Waals surface area (Å²) < 4.78 is 0. The number of hydrogen-bond acceptors (Lipinski definition) is 1. The molecule has 0 unspecified atom stereocenters. The van der Waals surface area contributed by atoms with E-state index in [9.17, 15) is 4.79 Å². The Morgan fingerprint density at radius 2 is 1.32 bits per heavy atom. The molecule has 2 aromatic rings. The Hall–Kier alpha value is -1.83. The van der Waals surface area contributed by atoms with Gasteiger partial charge in [0, 0.05) is 0 Å². The molecule has 2 rings (SSSR count). The molecule has 25 heavy (non-hydrogen) atoms. The summed E-state index contributed by atoms with van der Waals surface area (Å²) >= 11 is 0. The zero-order valence-electron chi connectivity index (χ0n) is 15.6. The van der Waals surface area contributed by atoms with Crippen molar-refractivity contribution < 1.29 is 9.90 Å². The van der Waals surface area contributed by atoms with Crippen LogP contribution >= 0.6 is 0 Å². The fraction of sp³-hybridized carbons (Fsp3) is 0.522. The fourth-order valence-corrected chi connectivity index (χ4v) is 3.40. The van der Waals surface area contributed by atoms with Gasteiger partial charge in [0.25, 0.3) is 0 Å². The lowest BCUT2D eigenvalue weighted by Crippen LogP contribution is -1.95. The summed E-state index contributed by atoms with van der Waals surface area (Å²) in [5.74, 6) is -0.864. The SMILES string of the molecule is CCCCCCCCCCCCc1ccc2cc(C(=O)O)ccc2c1. The molecule has 2 nitrogen and oxygen atoms in total. The Morgan fingerprint density at radius 3 is 1.96 bits per heavy atom. The highest BCUT2D eigenvalue weighted by molar-refractivity contribution is 5.94. The first-order valence-electron chi connectivity index (χ1n) is 9.96. The van der Waals surface area contributed by atoms with Crippen molar-refractivity contribution in [1.29, 1.82) is 0 Å². The molecule has 0 radical (unpaired) electrons. The van der Waals surface area contributed by atoms with Gasteiger partial charge in [0.05, 0.1) is 5.56 Å². The summed E-state index contributed by atoms with van der Waals surface area (Å²) in [4.78, 5) is 11.0. The van der Waals surface area contributed by atoms with Crippen molar-refractivity contribution >= 4 is 16.7 Å². The van der Waals surface area contributed by atoms with E-state index >= 15 is 0 Å². The van der Waals surface area contributed by atoms with Crippen LogP contribution in [0.4, 0.5) is 0 Å². The van der Waals surface area contributed by atoms with Crippen LogP contribution in [0.15, 0.2) is 36.4 Å². The fourth-order valence-electron chi connectivity index (χ4n) is 3.40. The van der Waals surface area contributed by atoms with Gasteiger partial charge in [-0.05, 0) is 41.3 Å². The molecule has 0 aliphatic rings. The molecule has 0 spiro atoms. The lowest BCUT2D eigenvalue weighted by atomic mass is 10.00. The second-order valence-corrected chi connectivity index (χ2v) is 7.13. The molecular weight excluding hydrogens is 308 g/mol. The largest absolute Gasteiger partial charge is 0.478 e. The maximum Gasteiger partial charge on any atom is 0.335 e. The highest BCUT2D eigenvalue weighted by Gasteiger charge is 2.04. The lowest BCUT2D eigenvalue weighted by Gasteiger charge is -2.05. The summed E-state index contributed by atoms with van der Waals surface area (Å²) in [5.41, 5.74) is 1.71. The predicted octanol–water partition coefficient (Wildman–Crippen LogP) is 7.00. The van der Waals surface area contributed by atoms with Crippen molar-refractivity contribution in [2.75, 3.05) is 0 Å². The molecule has 136 valence electrons. The average molecular weight is 341 g/mol. The number of carboxylic acid groups (broad SMARTS) is 1. The van der Waals surface area contributed by atoms with Crippen LogP contribution in [0.5, 0.6) is 0 Å². The molecule has 2 aromatic carbocycles. The van der Waals surface area contributed by atoms with Gasteiger partial charge >= 0.3 is 5.97 Å². The number of rotatable bonds is 12. The molecule has 0 fully saturated rings. The normalized spacial score (nSPS) is 11.1. The molecule has 1 N–H and O–H groups in total. The number of fused-ring (bicyclic) bond motifs is 1. The van der Waals surface area contributed by atoms with Crippen LogP contribution in [-0.4, -0.2) is 11.1 Å². The molecule has 0 atom stereocenters. The number of hydrogen-bond donors (Lipinski definition) is 1. The van der Waals surface area contributed by atoms with Gasteiger partial charge in [-0.3, -0.25) is 0 Å². The molecule has 2 heteroatoms. The molecule has 0 aliphatic heterocycles. The third kappa shape index (κ3) is 6.89. The van der Waals surface area contributed by atoms with Crippen LogP contribution in [0, 0.1) is 0 Å². The van der Waals surface area contributed by atoms with Crippen LogP contribution in [0.25, 0.3) is 10.8 Å². The van der Waals surface area contributed by atoms with Crippen molar-refractivity contribution in [3.05, 3.63) is 47.5 Å². The van der Waals surface area contributed by atoms with E-state index in [0.717, 1.165) is 17.2 Å². The van der Waals surface area contributed by atoms with Crippen LogP contribution in [0.3, 0.4) is 0 Å². The second kappa shape index (κ2) is 10.9. The zero-order chi connectivity index (χ0) is 17.9. The monoisotopic (exact) mass is 340 g/mol. The van der Waals surface area contributed by atoms with Gasteiger partial charge in [0.15, 0.2) is 0 Å². The lowest BCUT2D eigenvalue weighted by molar-refractivity contribution is 0.0697. The number of aryl methyl sites for hydroxylation is 1. The Morgan fingerprint density at radius 1 is 0.760 bits per heavy atom. The molecule has 0 aliphatic carbocycles. The number of benzene rings is 2. The van der Waals surface area contributed by atoms with E-state index in [2.05, 4.69) is 19.1 Å². The van der Waals surface area contributed by atoms with Gasteiger partial charge in [-0.2, -0.15) is 0 Å². The molecule has 0 aromatic heterocycles.